The lowest BCUT2D eigenvalue weighted by Crippen LogP contribution is -2.28. The molecule has 2 aromatic heterocycles. The maximum atomic E-state index is 13.3. The molecule has 0 aliphatic heterocycles. The van der Waals surface area contributed by atoms with Crippen LogP contribution in [-0.4, -0.2) is 27.2 Å². The summed E-state index contributed by atoms with van der Waals surface area (Å²) < 4.78 is 28.3. The van der Waals surface area contributed by atoms with Crippen LogP contribution in [-0.2, 0) is 19.4 Å². The van der Waals surface area contributed by atoms with Gasteiger partial charge in [0.1, 0.15) is 0 Å². The van der Waals surface area contributed by atoms with Gasteiger partial charge in [0, 0.05) is 41.3 Å². The molecule has 1 aromatic carbocycles. The Kier molecular flexibility index (Phi) is 5.14. The molecule has 0 radical (unpaired) electrons. The fourth-order valence-electron chi connectivity index (χ4n) is 3.61. The molecular weight excluding hydrogens is 362 g/mol. The van der Waals surface area contributed by atoms with Crippen molar-refractivity contribution in [3.63, 3.8) is 0 Å². The standard InChI is InChI=1S/C21H20F2N4O/c22-17-6-5-15(13-18(17)23)21(28)25-11-12-27-19-4-2-1-3-16(19)20(26-27)14-7-9-24-10-8-14/h5-10,13H,1-4,11-12H2,(H,25,28). The van der Waals surface area contributed by atoms with Gasteiger partial charge in [0.25, 0.3) is 5.91 Å². The first-order valence-electron chi connectivity index (χ1n) is 9.35. The van der Waals surface area contributed by atoms with Crippen LogP contribution in [0, 0.1) is 11.6 Å². The fourth-order valence-corrected chi connectivity index (χ4v) is 3.61. The van der Waals surface area contributed by atoms with E-state index in [1.54, 1.807) is 12.4 Å². The van der Waals surface area contributed by atoms with Gasteiger partial charge >= 0.3 is 0 Å². The van der Waals surface area contributed by atoms with Gasteiger partial charge in [-0.2, -0.15) is 5.10 Å². The SMILES string of the molecule is O=C(NCCn1nc(-c2ccncc2)c2c1CCCC2)c1ccc(F)c(F)c1. The van der Waals surface area contributed by atoms with E-state index in [2.05, 4.69) is 10.3 Å². The van der Waals surface area contributed by atoms with Gasteiger partial charge in [-0.1, -0.05) is 0 Å². The normalized spacial score (nSPS) is 13.2. The number of benzene rings is 1. The average Bonchev–Trinajstić information content (AvgIpc) is 3.09. The zero-order valence-electron chi connectivity index (χ0n) is 15.3. The number of hydrogen-bond donors (Lipinski definition) is 1. The van der Waals surface area contributed by atoms with Crippen LogP contribution >= 0.6 is 0 Å². The van der Waals surface area contributed by atoms with Crippen LogP contribution < -0.4 is 5.32 Å². The van der Waals surface area contributed by atoms with Crippen LogP contribution in [0.4, 0.5) is 8.78 Å². The van der Waals surface area contributed by atoms with Gasteiger partial charge in [0.05, 0.1) is 12.2 Å². The zero-order chi connectivity index (χ0) is 19.5. The van der Waals surface area contributed by atoms with Gasteiger partial charge in [-0.05, 0) is 56.0 Å². The van der Waals surface area contributed by atoms with E-state index >= 15 is 0 Å². The predicted molar refractivity (Wildman–Crippen MR) is 101 cm³/mol. The molecule has 4 rings (SSSR count). The minimum atomic E-state index is -1.03. The fraction of sp³-hybridized carbons (Fsp3) is 0.286. The number of hydrogen-bond acceptors (Lipinski definition) is 3. The third-order valence-electron chi connectivity index (χ3n) is 5.00. The summed E-state index contributed by atoms with van der Waals surface area (Å²) in [4.78, 5) is 16.2. The molecule has 144 valence electrons. The lowest BCUT2D eigenvalue weighted by atomic mass is 9.94. The van der Waals surface area contributed by atoms with Crippen molar-refractivity contribution in [3.05, 3.63) is 71.2 Å². The van der Waals surface area contributed by atoms with Crippen LogP contribution in [0.1, 0.15) is 34.5 Å². The molecule has 0 saturated carbocycles. The highest BCUT2D eigenvalue weighted by Gasteiger charge is 2.21. The lowest BCUT2D eigenvalue weighted by Gasteiger charge is -2.14. The number of nitrogens with zero attached hydrogens (tertiary/aromatic N) is 3. The van der Waals surface area contributed by atoms with Crippen molar-refractivity contribution in [1.82, 2.24) is 20.1 Å². The van der Waals surface area contributed by atoms with Crippen LogP contribution in [0.3, 0.4) is 0 Å². The highest BCUT2D eigenvalue weighted by atomic mass is 19.2. The highest BCUT2D eigenvalue weighted by Crippen LogP contribution is 2.30. The molecule has 28 heavy (non-hydrogen) atoms. The van der Waals surface area contributed by atoms with Gasteiger partial charge in [-0.3, -0.25) is 14.5 Å². The largest absolute Gasteiger partial charge is 0.350 e. The summed E-state index contributed by atoms with van der Waals surface area (Å²) in [7, 11) is 0. The van der Waals surface area contributed by atoms with E-state index in [9.17, 15) is 13.6 Å². The summed E-state index contributed by atoms with van der Waals surface area (Å²) in [6.45, 7) is 0.866. The molecule has 7 heteroatoms. The molecule has 0 fully saturated rings. The number of fused-ring (bicyclic) bond motifs is 1. The van der Waals surface area contributed by atoms with Crippen LogP contribution in [0.2, 0.25) is 0 Å². The quantitative estimate of drug-likeness (QED) is 0.734. The molecule has 0 unspecified atom stereocenters. The van der Waals surface area contributed by atoms with Crippen molar-refractivity contribution >= 4 is 5.91 Å². The number of amides is 1. The maximum Gasteiger partial charge on any atom is 0.251 e. The number of aromatic nitrogens is 3. The van der Waals surface area contributed by atoms with E-state index in [4.69, 9.17) is 5.10 Å². The second-order valence-electron chi connectivity index (χ2n) is 6.82. The Balaban J connectivity index is 1.48. The number of halogens is 2. The molecule has 0 saturated heterocycles. The number of carbonyl (C=O) groups is 1. The monoisotopic (exact) mass is 382 g/mol. The van der Waals surface area contributed by atoms with Gasteiger partial charge in [-0.15, -0.1) is 0 Å². The molecular formula is C21H20F2N4O. The van der Waals surface area contributed by atoms with Crippen molar-refractivity contribution in [2.75, 3.05) is 6.54 Å². The average molecular weight is 382 g/mol. The molecule has 5 nitrogen and oxygen atoms in total. The Morgan fingerprint density at radius 2 is 1.86 bits per heavy atom. The summed E-state index contributed by atoms with van der Waals surface area (Å²) >= 11 is 0. The molecule has 0 bridgehead atoms. The van der Waals surface area contributed by atoms with E-state index in [1.807, 2.05) is 16.8 Å². The summed E-state index contributed by atoms with van der Waals surface area (Å²) in [5, 5.41) is 7.54. The Hall–Kier alpha value is -3.09. The van der Waals surface area contributed by atoms with E-state index < -0.39 is 17.5 Å². The lowest BCUT2D eigenvalue weighted by molar-refractivity contribution is 0.0951. The van der Waals surface area contributed by atoms with Crippen molar-refractivity contribution in [2.45, 2.75) is 32.2 Å². The highest BCUT2D eigenvalue weighted by molar-refractivity contribution is 5.94. The predicted octanol–water partition coefficient (Wildman–Crippen LogP) is 3.53. The molecule has 1 amide bonds. The summed E-state index contributed by atoms with van der Waals surface area (Å²) in [6.07, 6.45) is 7.73. The van der Waals surface area contributed by atoms with E-state index in [-0.39, 0.29) is 5.56 Å². The smallest absolute Gasteiger partial charge is 0.251 e. The van der Waals surface area contributed by atoms with Gasteiger partial charge in [0.15, 0.2) is 11.6 Å². The Morgan fingerprint density at radius 1 is 1.07 bits per heavy atom. The first-order chi connectivity index (χ1) is 13.6. The van der Waals surface area contributed by atoms with Crippen LogP contribution in [0.25, 0.3) is 11.3 Å². The van der Waals surface area contributed by atoms with Crippen molar-refractivity contribution in [2.24, 2.45) is 0 Å². The topological polar surface area (TPSA) is 59.8 Å². The second kappa shape index (κ2) is 7.88. The number of carbonyl (C=O) groups excluding carboxylic acids is 1. The van der Waals surface area contributed by atoms with E-state index in [0.717, 1.165) is 49.1 Å². The molecule has 1 aliphatic rings. The first-order valence-corrected chi connectivity index (χ1v) is 9.35. The molecule has 2 heterocycles. The molecule has 3 aromatic rings. The third kappa shape index (κ3) is 3.65. The third-order valence-corrected chi connectivity index (χ3v) is 5.00. The molecule has 0 spiro atoms. The van der Waals surface area contributed by atoms with E-state index in [1.165, 1.54) is 17.3 Å². The molecule has 0 atom stereocenters. The van der Waals surface area contributed by atoms with Crippen molar-refractivity contribution < 1.29 is 13.6 Å². The Labute approximate surface area is 161 Å². The maximum absolute atomic E-state index is 13.3. The molecule has 1 aliphatic carbocycles. The van der Waals surface area contributed by atoms with Crippen molar-refractivity contribution in [3.8, 4) is 11.3 Å². The Morgan fingerprint density at radius 3 is 2.64 bits per heavy atom. The van der Waals surface area contributed by atoms with E-state index in [0.29, 0.717) is 13.1 Å². The molecule has 1 N–H and O–H groups in total. The summed E-state index contributed by atoms with van der Waals surface area (Å²) in [6, 6.07) is 7.03. The number of nitrogens with one attached hydrogen (secondary N) is 1. The van der Waals surface area contributed by atoms with Gasteiger partial charge < -0.3 is 5.32 Å². The van der Waals surface area contributed by atoms with Crippen molar-refractivity contribution in [1.29, 1.82) is 0 Å². The first kappa shape index (κ1) is 18.3. The van der Waals surface area contributed by atoms with Crippen LogP contribution in [0.5, 0.6) is 0 Å². The zero-order valence-corrected chi connectivity index (χ0v) is 15.3. The Bertz CT molecular complexity index is 1000. The minimum Gasteiger partial charge on any atom is -0.350 e. The van der Waals surface area contributed by atoms with Gasteiger partial charge in [-0.25, -0.2) is 8.78 Å². The minimum absolute atomic E-state index is 0.0962. The van der Waals surface area contributed by atoms with Gasteiger partial charge in [0.2, 0.25) is 0 Å². The number of rotatable bonds is 5. The summed E-state index contributed by atoms with van der Waals surface area (Å²) in [5.41, 5.74) is 4.59. The second-order valence-corrected chi connectivity index (χ2v) is 6.82. The summed E-state index contributed by atoms with van der Waals surface area (Å²) in [5.74, 6) is -2.44. The van der Waals surface area contributed by atoms with Crippen LogP contribution in [0.15, 0.2) is 42.7 Å². The number of pyridine rings is 1.